The summed E-state index contributed by atoms with van der Waals surface area (Å²) in [7, 11) is 1.69. The van der Waals surface area contributed by atoms with Crippen LogP contribution < -0.4 is 19.7 Å². The third-order valence-electron chi connectivity index (χ3n) is 6.56. The third kappa shape index (κ3) is 5.09. The smallest absolute Gasteiger partial charge is 0.417 e. The molecule has 1 N–H and O–H groups in total. The van der Waals surface area contributed by atoms with E-state index >= 15 is 0 Å². The van der Waals surface area contributed by atoms with Gasteiger partial charge in [0.05, 0.1) is 7.11 Å². The zero-order valence-electron chi connectivity index (χ0n) is 20.4. The molecule has 0 radical (unpaired) electrons. The minimum absolute atomic E-state index is 0.451. The number of amides is 1. The van der Waals surface area contributed by atoms with Crippen LogP contribution >= 0.6 is 0 Å². The standard InChI is InChI=1S/C30H30N2O3/c1-20(2)22-6-9-26(10-7-22)31-30(33)35-28-12-13-29-25(18-28)14-15-32(29)19-21-4-5-24-17-27(34-3)11-8-23(24)16-21/h4-13,16-18,20H,14-15,19H2,1-3H3,(H,31,33). The van der Waals surface area contributed by atoms with Crippen LogP contribution in [0.25, 0.3) is 10.8 Å². The molecule has 1 aliphatic rings. The van der Waals surface area contributed by atoms with Gasteiger partial charge in [0.2, 0.25) is 0 Å². The molecule has 0 fully saturated rings. The van der Waals surface area contributed by atoms with Crippen molar-refractivity contribution in [2.45, 2.75) is 32.7 Å². The van der Waals surface area contributed by atoms with Gasteiger partial charge in [-0.15, -0.1) is 0 Å². The molecule has 0 aromatic heterocycles. The monoisotopic (exact) mass is 466 g/mol. The number of carbonyl (C=O) groups is 1. The summed E-state index contributed by atoms with van der Waals surface area (Å²) in [5, 5.41) is 5.19. The normalized spacial score (nSPS) is 12.6. The number of ether oxygens (including phenoxy) is 2. The Hall–Kier alpha value is -3.99. The van der Waals surface area contributed by atoms with Gasteiger partial charge in [-0.25, -0.2) is 4.79 Å². The first kappa shape index (κ1) is 22.8. The summed E-state index contributed by atoms with van der Waals surface area (Å²) in [4.78, 5) is 14.8. The fourth-order valence-corrected chi connectivity index (χ4v) is 4.59. The van der Waals surface area contributed by atoms with Crippen LogP contribution in [0, 0.1) is 0 Å². The number of carbonyl (C=O) groups excluding carboxylic acids is 1. The molecule has 178 valence electrons. The van der Waals surface area contributed by atoms with Crippen molar-refractivity contribution in [1.29, 1.82) is 0 Å². The first-order valence-electron chi connectivity index (χ1n) is 12.0. The van der Waals surface area contributed by atoms with Crippen LogP contribution in [0.1, 0.15) is 36.5 Å². The van der Waals surface area contributed by atoms with Crippen molar-refractivity contribution in [1.82, 2.24) is 0 Å². The Morgan fingerprint density at radius 3 is 2.43 bits per heavy atom. The van der Waals surface area contributed by atoms with E-state index < -0.39 is 6.09 Å². The largest absolute Gasteiger partial charge is 0.497 e. The van der Waals surface area contributed by atoms with Crippen molar-refractivity contribution >= 4 is 28.2 Å². The Morgan fingerprint density at radius 2 is 1.66 bits per heavy atom. The predicted molar refractivity (Wildman–Crippen MR) is 142 cm³/mol. The summed E-state index contributed by atoms with van der Waals surface area (Å²) < 4.78 is 10.9. The van der Waals surface area contributed by atoms with Crippen molar-refractivity contribution in [2.24, 2.45) is 0 Å². The van der Waals surface area contributed by atoms with Crippen LogP contribution in [0.4, 0.5) is 16.2 Å². The zero-order chi connectivity index (χ0) is 24.4. The highest BCUT2D eigenvalue weighted by Gasteiger charge is 2.20. The summed E-state index contributed by atoms with van der Waals surface area (Å²) in [6, 6.07) is 26.5. The van der Waals surface area contributed by atoms with Gasteiger partial charge in [0.15, 0.2) is 0 Å². The molecule has 5 rings (SSSR count). The minimum atomic E-state index is -0.482. The highest BCUT2D eigenvalue weighted by atomic mass is 16.6. The van der Waals surface area contributed by atoms with Crippen molar-refractivity contribution < 1.29 is 14.3 Å². The SMILES string of the molecule is COc1ccc2cc(CN3CCc4cc(OC(=O)Nc5ccc(C(C)C)cc5)ccc43)ccc2c1. The van der Waals surface area contributed by atoms with Crippen LogP contribution in [-0.4, -0.2) is 19.7 Å². The van der Waals surface area contributed by atoms with Crippen LogP contribution in [-0.2, 0) is 13.0 Å². The number of nitrogens with zero attached hydrogens (tertiary/aromatic N) is 1. The van der Waals surface area contributed by atoms with Crippen molar-refractivity contribution in [3.05, 3.63) is 95.6 Å². The second-order valence-corrected chi connectivity index (χ2v) is 9.30. The first-order valence-corrected chi connectivity index (χ1v) is 12.0. The van der Waals surface area contributed by atoms with Crippen LogP contribution in [0.2, 0.25) is 0 Å². The van der Waals surface area contributed by atoms with E-state index in [0.29, 0.717) is 11.7 Å². The molecule has 0 aliphatic carbocycles. The Morgan fingerprint density at radius 1 is 0.914 bits per heavy atom. The molecule has 0 atom stereocenters. The second kappa shape index (κ2) is 9.71. The number of hydrogen-bond donors (Lipinski definition) is 1. The van der Waals surface area contributed by atoms with Crippen LogP contribution in [0.15, 0.2) is 78.9 Å². The van der Waals surface area contributed by atoms with E-state index in [1.807, 2.05) is 48.5 Å². The Labute approximate surface area is 206 Å². The molecule has 5 heteroatoms. The van der Waals surface area contributed by atoms with Crippen molar-refractivity contribution in [2.75, 3.05) is 23.9 Å². The van der Waals surface area contributed by atoms with Crippen molar-refractivity contribution in [3.8, 4) is 11.5 Å². The van der Waals surface area contributed by atoms with E-state index in [-0.39, 0.29) is 0 Å². The van der Waals surface area contributed by atoms with E-state index in [2.05, 4.69) is 54.4 Å². The first-order chi connectivity index (χ1) is 17.0. The number of nitrogens with one attached hydrogen (secondary N) is 1. The highest BCUT2D eigenvalue weighted by molar-refractivity contribution is 5.86. The maximum Gasteiger partial charge on any atom is 0.417 e. The van der Waals surface area contributed by atoms with Gasteiger partial charge in [-0.05, 0) is 88.3 Å². The van der Waals surface area contributed by atoms with Gasteiger partial charge in [-0.3, -0.25) is 5.32 Å². The van der Waals surface area contributed by atoms with Gasteiger partial charge < -0.3 is 14.4 Å². The van der Waals surface area contributed by atoms with E-state index in [4.69, 9.17) is 9.47 Å². The molecule has 0 saturated heterocycles. The lowest BCUT2D eigenvalue weighted by molar-refractivity contribution is 0.215. The summed E-state index contributed by atoms with van der Waals surface area (Å²) in [5.74, 6) is 1.88. The molecule has 0 saturated carbocycles. The number of fused-ring (bicyclic) bond motifs is 2. The molecule has 0 unspecified atom stereocenters. The molecule has 0 bridgehead atoms. The lowest BCUT2D eigenvalue weighted by Crippen LogP contribution is -2.19. The zero-order valence-corrected chi connectivity index (χ0v) is 20.4. The van der Waals surface area contributed by atoms with Crippen LogP contribution in [0.3, 0.4) is 0 Å². The number of hydrogen-bond acceptors (Lipinski definition) is 4. The highest BCUT2D eigenvalue weighted by Crippen LogP contribution is 2.33. The van der Waals surface area contributed by atoms with E-state index in [9.17, 15) is 4.79 Å². The number of rotatable bonds is 6. The van der Waals surface area contributed by atoms with E-state index in [1.165, 1.54) is 33.2 Å². The van der Waals surface area contributed by atoms with Crippen molar-refractivity contribution in [3.63, 3.8) is 0 Å². The molecule has 1 aliphatic heterocycles. The number of benzene rings is 4. The number of methoxy groups -OCH3 is 1. The molecular formula is C30H30N2O3. The molecular weight excluding hydrogens is 436 g/mol. The fourth-order valence-electron chi connectivity index (χ4n) is 4.59. The maximum atomic E-state index is 12.4. The molecule has 0 spiro atoms. The van der Waals surface area contributed by atoms with E-state index in [0.717, 1.165) is 30.9 Å². The lowest BCUT2D eigenvalue weighted by atomic mass is 10.0. The molecule has 5 nitrogen and oxygen atoms in total. The Balaban J connectivity index is 1.23. The summed E-state index contributed by atoms with van der Waals surface area (Å²) in [6.07, 6.45) is 0.445. The second-order valence-electron chi connectivity index (χ2n) is 9.30. The summed E-state index contributed by atoms with van der Waals surface area (Å²) >= 11 is 0. The third-order valence-corrected chi connectivity index (χ3v) is 6.56. The quantitative estimate of drug-likeness (QED) is 0.328. The number of anilines is 2. The average molecular weight is 467 g/mol. The molecule has 4 aromatic carbocycles. The minimum Gasteiger partial charge on any atom is -0.497 e. The molecule has 35 heavy (non-hydrogen) atoms. The van der Waals surface area contributed by atoms with E-state index in [1.54, 1.807) is 7.11 Å². The topological polar surface area (TPSA) is 50.8 Å². The summed E-state index contributed by atoms with van der Waals surface area (Å²) in [6.45, 7) is 6.06. The maximum absolute atomic E-state index is 12.4. The average Bonchev–Trinajstić information content (AvgIpc) is 3.25. The van der Waals surface area contributed by atoms with Gasteiger partial charge in [0.1, 0.15) is 11.5 Å². The van der Waals surface area contributed by atoms with Crippen LogP contribution in [0.5, 0.6) is 11.5 Å². The van der Waals surface area contributed by atoms with Gasteiger partial charge in [0.25, 0.3) is 0 Å². The fraction of sp³-hybridized carbons (Fsp3) is 0.233. The predicted octanol–water partition coefficient (Wildman–Crippen LogP) is 7.15. The van der Waals surface area contributed by atoms with Gasteiger partial charge in [0, 0.05) is 24.5 Å². The molecule has 1 heterocycles. The molecule has 1 amide bonds. The Kier molecular flexibility index (Phi) is 6.32. The summed E-state index contributed by atoms with van der Waals surface area (Å²) in [5.41, 5.74) is 5.61. The molecule has 4 aromatic rings. The van der Waals surface area contributed by atoms with Gasteiger partial charge in [-0.1, -0.05) is 44.2 Å². The lowest BCUT2D eigenvalue weighted by Gasteiger charge is -2.20. The Bertz CT molecular complexity index is 1360. The van der Waals surface area contributed by atoms with Gasteiger partial charge in [-0.2, -0.15) is 0 Å². The van der Waals surface area contributed by atoms with Gasteiger partial charge >= 0.3 is 6.09 Å².